The Morgan fingerprint density at radius 1 is 0.833 bits per heavy atom. The second kappa shape index (κ2) is 5.08. The van der Waals surface area contributed by atoms with Gasteiger partial charge in [-0.15, -0.1) is 0 Å². The monoisotopic (exact) mass is 252 g/mol. The standard InChI is InChI=1S/C17H17P/c1-2-10-18-17-9-5-8-15-11-13-6-3-4-7-14(13)12-16(15)17/h3-9,11-12,18H,2,10H2,1H3. The van der Waals surface area contributed by atoms with E-state index < -0.39 is 0 Å². The van der Waals surface area contributed by atoms with E-state index in [1.54, 1.807) is 0 Å². The number of hydrogen-bond donors (Lipinski definition) is 0. The Kier molecular flexibility index (Phi) is 3.30. The fourth-order valence-corrected chi connectivity index (χ4v) is 3.52. The second-order valence-corrected chi connectivity index (χ2v) is 6.05. The minimum atomic E-state index is 0.929. The first-order valence-corrected chi connectivity index (χ1v) is 7.74. The maximum absolute atomic E-state index is 2.35. The molecule has 0 saturated carbocycles. The van der Waals surface area contributed by atoms with Gasteiger partial charge in [-0.05, 0) is 45.1 Å². The molecule has 0 aromatic heterocycles. The molecule has 0 bridgehead atoms. The molecule has 3 aromatic rings. The van der Waals surface area contributed by atoms with Gasteiger partial charge in [-0.2, -0.15) is 0 Å². The molecule has 1 unspecified atom stereocenters. The molecule has 0 radical (unpaired) electrons. The summed E-state index contributed by atoms with van der Waals surface area (Å²) >= 11 is 0. The van der Waals surface area contributed by atoms with Crippen LogP contribution in [0, 0.1) is 0 Å². The van der Waals surface area contributed by atoms with Crippen molar-refractivity contribution in [2.24, 2.45) is 0 Å². The molecule has 0 spiro atoms. The molecule has 1 heteroatoms. The molecular formula is C17H17P. The number of benzene rings is 3. The Morgan fingerprint density at radius 3 is 2.33 bits per heavy atom. The third-order valence-electron chi connectivity index (χ3n) is 3.31. The first-order valence-electron chi connectivity index (χ1n) is 6.54. The van der Waals surface area contributed by atoms with Crippen molar-refractivity contribution in [2.75, 3.05) is 6.16 Å². The molecule has 18 heavy (non-hydrogen) atoms. The van der Waals surface area contributed by atoms with E-state index in [1.165, 1.54) is 39.4 Å². The smallest absolute Gasteiger partial charge is 0.0103 e. The minimum Gasteiger partial charge on any atom is -0.0897 e. The van der Waals surface area contributed by atoms with Gasteiger partial charge in [0.2, 0.25) is 0 Å². The summed E-state index contributed by atoms with van der Waals surface area (Å²) in [7, 11) is 0.929. The Morgan fingerprint density at radius 2 is 1.56 bits per heavy atom. The van der Waals surface area contributed by atoms with Crippen molar-refractivity contribution in [3.63, 3.8) is 0 Å². The predicted octanol–water partition coefficient (Wildman–Crippen LogP) is 4.71. The molecule has 3 aromatic carbocycles. The van der Waals surface area contributed by atoms with Gasteiger partial charge in [0.1, 0.15) is 0 Å². The Hall–Kier alpha value is -1.39. The second-order valence-electron chi connectivity index (χ2n) is 4.65. The average Bonchev–Trinajstić information content (AvgIpc) is 2.43. The van der Waals surface area contributed by atoms with Gasteiger partial charge in [-0.1, -0.05) is 64.4 Å². The van der Waals surface area contributed by atoms with Crippen LogP contribution in [-0.4, -0.2) is 6.16 Å². The zero-order valence-corrected chi connectivity index (χ0v) is 11.6. The van der Waals surface area contributed by atoms with E-state index in [-0.39, 0.29) is 0 Å². The van der Waals surface area contributed by atoms with Crippen LogP contribution < -0.4 is 5.30 Å². The molecule has 3 rings (SSSR count). The Balaban J connectivity index is 2.22. The van der Waals surface area contributed by atoms with Gasteiger partial charge in [0, 0.05) is 0 Å². The lowest BCUT2D eigenvalue weighted by atomic mass is 10.0. The fraction of sp³-hybridized carbons (Fsp3) is 0.176. The van der Waals surface area contributed by atoms with E-state index in [2.05, 4.69) is 61.5 Å². The molecule has 90 valence electrons. The minimum absolute atomic E-state index is 0.929. The van der Waals surface area contributed by atoms with Crippen LogP contribution in [-0.2, 0) is 0 Å². The highest BCUT2D eigenvalue weighted by Gasteiger charge is 2.02. The first kappa shape index (κ1) is 11.7. The van der Waals surface area contributed by atoms with Gasteiger partial charge in [0.05, 0.1) is 0 Å². The van der Waals surface area contributed by atoms with Crippen LogP contribution in [0.15, 0.2) is 54.6 Å². The summed E-state index contributed by atoms with van der Waals surface area (Å²) < 4.78 is 0. The van der Waals surface area contributed by atoms with Gasteiger partial charge in [0.15, 0.2) is 0 Å². The van der Waals surface area contributed by atoms with Crippen molar-refractivity contribution in [1.82, 2.24) is 0 Å². The van der Waals surface area contributed by atoms with Gasteiger partial charge in [-0.25, -0.2) is 0 Å². The first-order chi connectivity index (χ1) is 8.88. The van der Waals surface area contributed by atoms with E-state index in [1.807, 2.05) is 0 Å². The average molecular weight is 252 g/mol. The molecule has 0 fully saturated rings. The zero-order chi connectivity index (χ0) is 12.4. The summed E-state index contributed by atoms with van der Waals surface area (Å²) in [5.41, 5.74) is 0. The molecule has 1 atom stereocenters. The molecule has 0 nitrogen and oxygen atoms in total. The highest BCUT2D eigenvalue weighted by atomic mass is 31.1. The van der Waals surface area contributed by atoms with Crippen LogP contribution in [0.4, 0.5) is 0 Å². The van der Waals surface area contributed by atoms with Crippen LogP contribution in [0.25, 0.3) is 21.5 Å². The van der Waals surface area contributed by atoms with Crippen molar-refractivity contribution in [2.45, 2.75) is 13.3 Å². The van der Waals surface area contributed by atoms with E-state index in [9.17, 15) is 0 Å². The molecule has 0 N–H and O–H groups in total. The van der Waals surface area contributed by atoms with Crippen molar-refractivity contribution in [1.29, 1.82) is 0 Å². The molecule has 0 aliphatic carbocycles. The van der Waals surface area contributed by atoms with Gasteiger partial charge in [-0.3, -0.25) is 0 Å². The number of rotatable bonds is 3. The summed E-state index contributed by atoms with van der Waals surface area (Å²) in [4.78, 5) is 0. The zero-order valence-electron chi connectivity index (χ0n) is 10.6. The van der Waals surface area contributed by atoms with Crippen molar-refractivity contribution >= 4 is 35.4 Å². The number of fused-ring (bicyclic) bond motifs is 2. The van der Waals surface area contributed by atoms with Gasteiger partial charge in [0.25, 0.3) is 0 Å². The predicted molar refractivity (Wildman–Crippen MR) is 84.6 cm³/mol. The summed E-state index contributed by atoms with van der Waals surface area (Å²) in [6.45, 7) is 2.26. The molecular weight excluding hydrogens is 235 g/mol. The lowest BCUT2D eigenvalue weighted by molar-refractivity contribution is 1.10. The summed E-state index contributed by atoms with van der Waals surface area (Å²) in [6, 6.07) is 20.0. The van der Waals surface area contributed by atoms with Crippen molar-refractivity contribution in [3.8, 4) is 0 Å². The summed E-state index contributed by atoms with van der Waals surface area (Å²) in [5, 5.41) is 7.00. The SMILES string of the molecule is CCCPc1cccc2cc3ccccc3cc12. The van der Waals surface area contributed by atoms with E-state index in [0.29, 0.717) is 0 Å². The van der Waals surface area contributed by atoms with Crippen LogP contribution in [0.1, 0.15) is 13.3 Å². The van der Waals surface area contributed by atoms with Gasteiger partial charge < -0.3 is 0 Å². The molecule has 0 aliphatic rings. The van der Waals surface area contributed by atoms with E-state index in [4.69, 9.17) is 0 Å². The Bertz CT molecular complexity index is 685. The molecule has 0 aliphatic heterocycles. The molecule has 0 heterocycles. The van der Waals surface area contributed by atoms with Crippen molar-refractivity contribution < 1.29 is 0 Å². The van der Waals surface area contributed by atoms with Crippen LogP contribution >= 0.6 is 8.58 Å². The molecule has 0 saturated heterocycles. The van der Waals surface area contributed by atoms with Gasteiger partial charge >= 0.3 is 0 Å². The quantitative estimate of drug-likeness (QED) is 0.468. The Labute approximate surface area is 110 Å². The van der Waals surface area contributed by atoms with E-state index in [0.717, 1.165) is 8.58 Å². The molecule has 0 amide bonds. The highest BCUT2D eigenvalue weighted by molar-refractivity contribution is 7.47. The lowest BCUT2D eigenvalue weighted by Gasteiger charge is -2.08. The van der Waals surface area contributed by atoms with Crippen LogP contribution in [0.5, 0.6) is 0 Å². The maximum Gasteiger partial charge on any atom is -0.0103 e. The highest BCUT2D eigenvalue weighted by Crippen LogP contribution is 2.25. The summed E-state index contributed by atoms with van der Waals surface area (Å²) in [6.07, 6.45) is 2.56. The normalized spacial score (nSPS) is 11.8. The van der Waals surface area contributed by atoms with E-state index >= 15 is 0 Å². The largest absolute Gasteiger partial charge is 0.0897 e. The van der Waals surface area contributed by atoms with Crippen molar-refractivity contribution in [3.05, 3.63) is 54.6 Å². The lowest BCUT2D eigenvalue weighted by Crippen LogP contribution is -1.97. The van der Waals surface area contributed by atoms with Crippen LogP contribution in [0.2, 0.25) is 0 Å². The maximum atomic E-state index is 2.35. The fourth-order valence-electron chi connectivity index (χ4n) is 2.38. The summed E-state index contributed by atoms with van der Waals surface area (Å²) in [5.74, 6) is 0. The number of hydrogen-bond acceptors (Lipinski definition) is 0. The van der Waals surface area contributed by atoms with Crippen LogP contribution in [0.3, 0.4) is 0 Å². The third kappa shape index (κ3) is 2.13. The third-order valence-corrected chi connectivity index (χ3v) is 4.88. The topological polar surface area (TPSA) is 0 Å².